The van der Waals surface area contributed by atoms with Gasteiger partial charge in [0.2, 0.25) is 11.8 Å². The average Bonchev–Trinajstić information content (AvgIpc) is 2.66. The lowest BCUT2D eigenvalue weighted by molar-refractivity contribution is -0.122. The Bertz CT molecular complexity index is 764. The number of anilines is 1. The molecule has 0 saturated carbocycles. The third kappa shape index (κ3) is 7.18. The number of carbonyl (C=O) groups is 2. The van der Waals surface area contributed by atoms with Crippen LogP contribution in [0.3, 0.4) is 0 Å². The Morgan fingerprint density at radius 2 is 1.57 bits per heavy atom. The molecule has 4 heteroatoms. The van der Waals surface area contributed by atoms with E-state index in [-0.39, 0.29) is 17.7 Å². The molecule has 2 amide bonds. The number of rotatable bonds is 9. The van der Waals surface area contributed by atoms with E-state index < -0.39 is 0 Å². The fourth-order valence-corrected chi connectivity index (χ4v) is 3.04. The lowest BCUT2D eigenvalue weighted by atomic mass is 9.96. The highest BCUT2D eigenvalue weighted by Crippen LogP contribution is 2.18. The first-order chi connectivity index (χ1) is 13.3. The summed E-state index contributed by atoms with van der Waals surface area (Å²) < 4.78 is 0. The summed E-state index contributed by atoms with van der Waals surface area (Å²) in [6.07, 6.45) is 2.04. The van der Waals surface area contributed by atoms with E-state index in [2.05, 4.69) is 36.6 Å². The number of hydrogen-bond donors (Lipinski definition) is 2. The molecular weight excluding hydrogens is 348 g/mol. The molecule has 0 fully saturated rings. The van der Waals surface area contributed by atoms with Gasteiger partial charge in [0.25, 0.3) is 0 Å². The van der Waals surface area contributed by atoms with Crippen LogP contribution < -0.4 is 10.6 Å². The lowest BCUT2D eigenvalue weighted by Gasteiger charge is -2.14. The molecule has 1 atom stereocenters. The molecule has 0 aliphatic carbocycles. The molecule has 4 nitrogen and oxygen atoms in total. The quantitative estimate of drug-likeness (QED) is 0.612. The van der Waals surface area contributed by atoms with Crippen LogP contribution in [0, 0.1) is 12.8 Å². The highest BCUT2D eigenvalue weighted by Gasteiger charge is 2.15. The first kappa shape index (κ1) is 21.7. The Morgan fingerprint density at radius 3 is 2.18 bits per heavy atom. The van der Waals surface area contributed by atoms with Crippen molar-refractivity contribution >= 4 is 17.5 Å². The Hall–Kier alpha value is -2.62. The van der Waals surface area contributed by atoms with Gasteiger partial charge in [0.05, 0.1) is 5.92 Å². The van der Waals surface area contributed by atoms with Crippen LogP contribution in [0.15, 0.2) is 48.5 Å². The molecule has 0 aliphatic rings. The summed E-state index contributed by atoms with van der Waals surface area (Å²) in [5.74, 6) is 0.381. The summed E-state index contributed by atoms with van der Waals surface area (Å²) in [5.41, 5.74) is 4.27. The van der Waals surface area contributed by atoms with Crippen LogP contribution >= 0.6 is 0 Å². The van der Waals surface area contributed by atoms with E-state index in [4.69, 9.17) is 0 Å². The van der Waals surface area contributed by atoms with Crippen LogP contribution in [-0.4, -0.2) is 18.4 Å². The zero-order valence-corrected chi connectivity index (χ0v) is 17.4. The maximum Gasteiger partial charge on any atom is 0.227 e. The third-order valence-electron chi connectivity index (χ3n) is 4.73. The van der Waals surface area contributed by atoms with Gasteiger partial charge in [-0.1, -0.05) is 55.8 Å². The monoisotopic (exact) mass is 380 g/mol. The van der Waals surface area contributed by atoms with Gasteiger partial charge in [-0.15, -0.1) is 0 Å². The summed E-state index contributed by atoms with van der Waals surface area (Å²) in [4.78, 5) is 24.3. The fourth-order valence-electron chi connectivity index (χ4n) is 3.04. The first-order valence-electron chi connectivity index (χ1n) is 10.1. The number of amides is 2. The standard InChI is InChI=1S/C24H32N2O2/c1-17(2)16-20-9-11-21(12-10-20)19(4)24(28)25-15-5-6-23(27)26-22-13-7-18(3)8-14-22/h7-14,17,19H,5-6,15-16H2,1-4H3,(H,25,28)(H,26,27). The maximum atomic E-state index is 12.4. The van der Waals surface area contributed by atoms with E-state index in [1.165, 1.54) is 5.56 Å². The van der Waals surface area contributed by atoms with Crippen molar-refractivity contribution in [3.63, 3.8) is 0 Å². The van der Waals surface area contributed by atoms with Gasteiger partial charge in [-0.25, -0.2) is 0 Å². The van der Waals surface area contributed by atoms with Crippen molar-refractivity contribution in [1.29, 1.82) is 0 Å². The molecule has 0 radical (unpaired) electrons. The zero-order chi connectivity index (χ0) is 20.5. The van der Waals surface area contributed by atoms with Gasteiger partial charge in [-0.05, 0) is 55.9 Å². The zero-order valence-electron chi connectivity index (χ0n) is 17.4. The second kappa shape index (κ2) is 10.6. The van der Waals surface area contributed by atoms with Crippen LogP contribution in [0.25, 0.3) is 0 Å². The lowest BCUT2D eigenvalue weighted by Crippen LogP contribution is -2.29. The Balaban J connectivity index is 1.71. The molecule has 2 aromatic rings. The number of hydrogen-bond acceptors (Lipinski definition) is 2. The summed E-state index contributed by atoms with van der Waals surface area (Å²) >= 11 is 0. The van der Waals surface area contributed by atoms with E-state index in [1.807, 2.05) is 50.2 Å². The number of nitrogens with one attached hydrogen (secondary N) is 2. The minimum atomic E-state index is -0.200. The van der Waals surface area contributed by atoms with Crippen LogP contribution in [0.2, 0.25) is 0 Å². The predicted molar refractivity (Wildman–Crippen MR) is 115 cm³/mol. The van der Waals surface area contributed by atoms with Crippen LogP contribution in [-0.2, 0) is 16.0 Å². The van der Waals surface area contributed by atoms with Gasteiger partial charge in [-0.3, -0.25) is 9.59 Å². The molecule has 150 valence electrons. The molecule has 1 unspecified atom stereocenters. The van der Waals surface area contributed by atoms with Gasteiger partial charge in [-0.2, -0.15) is 0 Å². The molecule has 0 heterocycles. The van der Waals surface area contributed by atoms with Crippen LogP contribution in [0.1, 0.15) is 56.2 Å². The normalized spacial score (nSPS) is 11.9. The molecule has 0 aromatic heterocycles. The van der Waals surface area contributed by atoms with Crippen LogP contribution in [0.4, 0.5) is 5.69 Å². The van der Waals surface area contributed by atoms with Gasteiger partial charge < -0.3 is 10.6 Å². The summed E-state index contributed by atoms with van der Waals surface area (Å²) in [7, 11) is 0. The number of aryl methyl sites for hydroxylation is 1. The van der Waals surface area contributed by atoms with E-state index in [0.29, 0.717) is 25.3 Å². The summed E-state index contributed by atoms with van der Waals surface area (Å²) in [6.45, 7) is 8.82. The molecule has 0 aliphatic heterocycles. The van der Waals surface area contributed by atoms with Gasteiger partial charge in [0.15, 0.2) is 0 Å². The molecule has 2 N–H and O–H groups in total. The van der Waals surface area contributed by atoms with E-state index >= 15 is 0 Å². The molecule has 2 rings (SSSR count). The highest BCUT2D eigenvalue weighted by molar-refractivity contribution is 5.90. The SMILES string of the molecule is Cc1ccc(NC(=O)CCCNC(=O)C(C)c2ccc(CC(C)C)cc2)cc1. The average molecular weight is 381 g/mol. The topological polar surface area (TPSA) is 58.2 Å². The molecule has 2 aromatic carbocycles. The minimum Gasteiger partial charge on any atom is -0.356 e. The molecule has 0 saturated heterocycles. The molecular formula is C24H32N2O2. The second-order valence-corrected chi connectivity index (χ2v) is 7.87. The smallest absolute Gasteiger partial charge is 0.227 e. The van der Waals surface area contributed by atoms with Crippen molar-refractivity contribution in [2.24, 2.45) is 5.92 Å². The Labute approximate surface area is 168 Å². The highest BCUT2D eigenvalue weighted by atomic mass is 16.2. The van der Waals surface area contributed by atoms with E-state index in [0.717, 1.165) is 23.2 Å². The van der Waals surface area contributed by atoms with Crippen molar-refractivity contribution < 1.29 is 9.59 Å². The molecule has 0 spiro atoms. The van der Waals surface area contributed by atoms with Crippen molar-refractivity contribution in [2.75, 3.05) is 11.9 Å². The van der Waals surface area contributed by atoms with E-state index in [9.17, 15) is 9.59 Å². The largest absolute Gasteiger partial charge is 0.356 e. The summed E-state index contributed by atoms with van der Waals surface area (Å²) in [6, 6.07) is 16.0. The maximum absolute atomic E-state index is 12.4. The van der Waals surface area contributed by atoms with Gasteiger partial charge in [0, 0.05) is 18.7 Å². The minimum absolute atomic E-state index is 0.00412. The predicted octanol–water partition coefficient (Wildman–Crippen LogP) is 4.83. The number of carbonyl (C=O) groups excluding carboxylic acids is 2. The van der Waals surface area contributed by atoms with Crippen molar-refractivity contribution in [2.45, 2.75) is 52.9 Å². The molecule has 0 bridgehead atoms. The molecule has 28 heavy (non-hydrogen) atoms. The summed E-state index contributed by atoms with van der Waals surface area (Å²) in [5, 5.41) is 5.81. The van der Waals surface area contributed by atoms with Crippen molar-refractivity contribution in [1.82, 2.24) is 5.32 Å². The third-order valence-corrected chi connectivity index (χ3v) is 4.73. The van der Waals surface area contributed by atoms with Gasteiger partial charge in [0.1, 0.15) is 0 Å². The first-order valence-corrected chi connectivity index (χ1v) is 10.1. The van der Waals surface area contributed by atoms with Crippen LogP contribution in [0.5, 0.6) is 0 Å². The Morgan fingerprint density at radius 1 is 0.929 bits per heavy atom. The second-order valence-electron chi connectivity index (χ2n) is 7.87. The Kier molecular flexibility index (Phi) is 8.24. The fraction of sp³-hybridized carbons (Fsp3) is 0.417. The van der Waals surface area contributed by atoms with Gasteiger partial charge >= 0.3 is 0 Å². The van der Waals surface area contributed by atoms with E-state index in [1.54, 1.807) is 0 Å². The number of benzene rings is 2. The van der Waals surface area contributed by atoms with Crippen molar-refractivity contribution in [3.8, 4) is 0 Å². The van der Waals surface area contributed by atoms with Crippen molar-refractivity contribution in [3.05, 3.63) is 65.2 Å².